The molecule has 0 amide bonds. The van der Waals surface area contributed by atoms with Gasteiger partial charge >= 0.3 is 0 Å². The Morgan fingerprint density at radius 1 is 0.789 bits per heavy atom. The Balaban J connectivity index is 1.11. The summed E-state index contributed by atoms with van der Waals surface area (Å²) in [5.74, 6) is 1.33. The molecule has 3 aromatic rings. The standard InChI is InChI=1S/C33H46N2O3/c1-34(2)28-17-15-27(16-18-28)32-26-31(36)30-20-19-29(25-33(30)38-32)37-24-14-10-8-6-4-3-5-7-9-11-21-35-22-12-13-23-35/h15-20,25-26H,3-14,21-24H2,1-2H3. The number of benzene rings is 2. The second-order valence-electron chi connectivity index (χ2n) is 11.0. The highest BCUT2D eigenvalue weighted by Crippen LogP contribution is 2.26. The van der Waals surface area contributed by atoms with Gasteiger partial charge in [0.25, 0.3) is 0 Å². The van der Waals surface area contributed by atoms with Gasteiger partial charge in [0.2, 0.25) is 0 Å². The summed E-state index contributed by atoms with van der Waals surface area (Å²) in [5, 5.41) is 0.581. The summed E-state index contributed by atoms with van der Waals surface area (Å²) in [5.41, 5.74) is 2.52. The zero-order chi connectivity index (χ0) is 26.6. The smallest absolute Gasteiger partial charge is 0.193 e. The molecule has 1 aliphatic rings. The predicted molar refractivity (Wildman–Crippen MR) is 160 cm³/mol. The van der Waals surface area contributed by atoms with Gasteiger partial charge in [-0.05, 0) is 81.7 Å². The fourth-order valence-electron chi connectivity index (χ4n) is 5.34. The molecule has 5 nitrogen and oxygen atoms in total. The maximum atomic E-state index is 12.7. The van der Waals surface area contributed by atoms with Crippen LogP contribution in [0.15, 0.2) is 57.7 Å². The van der Waals surface area contributed by atoms with Crippen LogP contribution in [0.2, 0.25) is 0 Å². The minimum atomic E-state index is -0.0356. The third kappa shape index (κ3) is 8.62. The number of hydrogen-bond donors (Lipinski definition) is 0. The Bertz CT molecular complexity index is 1160. The van der Waals surface area contributed by atoms with Crippen LogP contribution >= 0.6 is 0 Å². The third-order valence-corrected chi connectivity index (χ3v) is 7.70. The summed E-state index contributed by atoms with van der Waals surface area (Å²) in [4.78, 5) is 17.3. The number of unbranched alkanes of at least 4 members (excludes halogenated alkanes) is 9. The van der Waals surface area contributed by atoms with Gasteiger partial charge in [-0.1, -0.05) is 51.4 Å². The first-order chi connectivity index (χ1) is 18.6. The molecule has 0 aliphatic carbocycles. The van der Waals surface area contributed by atoms with Crippen molar-refractivity contribution in [2.24, 2.45) is 0 Å². The van der Waals surface area contributed by atoms with Crippen LogP contribution in [0.5, 0.6) is 5.75 Å². The van der Waals surface area contributed by atoms with Gasteiger partial charge in [-0.2, -0.15) is 0 Å². The average Bonchev–Trinajstić information content (AvgIpc) is 3.45. The van der Waals surface area contributed by atoms with E-state index in [1.165, 1.54) is 90.3 Å². The Morgan fingerprint density at radius 3 is 2.08 bits per heavy atom. The van der Waals surface area contributed by atoms with Crippen LogP contribution in [-0.2, 0) is 0 Å². The van der Waals surface area contributed by atoms with Gasteiger partial charge in [0.15, 0.2) is 5.43 Å². The van der Waals surface area contributed by atoms with Gasteiger partial charge in [0.05, 0.1) is 12.0 Å². The van der Waals surface area contributed by atoms with Crippen molar-refractivity contribution in [1.82, 2.24) is 4.90 Å². The van der Waals surface area contributed by atoms with E-state index in [1.54, 1.807) is 6.07 Å². The van der Waals surface area contributed by atoms with Crippen molar-refractivity contribution in [3.05, 3.63) is 58.8 Å². The van der Waals surface area contributed by atoms with Crippen molar-refractivity contribution in [2.75, 3.05) is 45.2 Å². The lowest BCUT2D eigenvalue weighted by Crippen LogP contribution is -2.20. The minimum Gasteiger partial charge on any atom is -0.493 e. The molecule has 206 valence electrons. The highest BCUT2D eigenvalue weighted by atomic mass is 16.5. The molecule has 0 spiro atoms. The lowest BCUT2D eigenvalue weighted by molar-refractivity contribution is 0.304. The van der Waals surface area contributed by atoms with Crippen LogP contribution < -0.4 is 15.1 Å². The topological polar surface area (TPSA) is 45.9 Å². The molecule has 2 heterocycles. The SMILES string of the molecule is CN(C)c1ccc(-c2cc(=O)c3ccc(OCCCCCCCCCCCCN4CCCC4)cc3o2)cc1. The molecule has 1 aromatic heterocycles. The average molecular weight is 519 g/mol. The van der Waals surface area contributed by atoms with E-state index < -0.39 is 0 Å². The third-order valence-electron chi connectivity index (χ3n) is 7.70. The molecular formula is C33H46N2O3. The molecule has 38 heavy (non-hydrogen) atoms. The fraction of sp³-hybridized carbons (Fsp3) is 0.545. The van der Waals surface area contributed by atoms with E-state index in [9.17, 15) is 4.79 Å². The molecule has 2 aromatic carbocycles. The Kier molecular flexibility index (Phi) is 11.1. The molecule has 1 saturated heterocycles. The van der Waals surface area contributed by atoms with Gasteiger partial charge in [-0.15, -0.1) is 0 Å². The minimum absolute atomic E-state index is 0.0356. The Morgan fingerprint density at radius 2 is 1.42 bits per heavy atom. The summed E-state index contributed by atoms with van der Waals surface area (Å²) in [7, 11) is 4.01. The number of fused-ring (bicyclic) bond motifs is 1. The number of anilines is 1. The van der Waals surface area contributed by atoms with Crippen molar-refractivity contribution >= 4 is 16.7 Å². The lowest BCUT2D eigenvalue weighted by atomic mass is 10.1. The number of ether oxygens (including phenoxy) is 1. The molecular weight excluding hydrogens is 472 g/mol. The number of hydrogen-bond acceptors (Lipinski definition) is 5. The maximum absolute atomic E-state index is 12.7. The molecule has 0 bridgehead atoms. The van der Waals surface area contributed by atoms with E-state index in [1.807, 2.05) is 61.5 Å². The van der Waals surface area contributed by atoms with Crippen LogP contribution in [0, 0.1) is 0 Å². The molecule has 5 heteroatoms. The Labute approximate surface area is 228 Å². The van der Waals surface area contributed by atoms with E-state index in [0.717, 1.165) is 23.4 Å². The van der Waals surface area contributed by atoms with Gasteiger partial charge in [0.1, 0.15) is 17.1 Å². The monoisotopic (exact) mass is 518 g/mol. The number of rotatable bonds is 16. The Hall–Kier alpha value is -2.79. The molecule has 0 radical (unpaired) electrons. The second kappa shape index (κ2) is 15.0. The van der Waals surface area contributed by atoms with Gasteiger partial charge in [-0.25, -0.2) is 0 Å². The van der Waals surface area contributed by atoms with Crippen molar-refractivity contribution in [3.63, 3.8) is 0 Å². The van der Waals surface area contributed by atoms with Crippen LogP contribution in [0.25, 0.3) is 22.3 Å². The van der Waals surface area contributed by atoms with Crippen molar-refractivity contribution in [3.8, 4) is 17.1 Å². The fourth-order valence-corrected chi connectivity index (χ4v) is 5.34. The maximum Gasteiger partial charge on any atom is 0.193 e. The predicted octanol–water partition coefficient (Wildman–Crippen LogP) is 7.90. The molecule has 0 unspecified atom stereocenters. The van der Waals surface area contributed by atoms with Gasteiger partial charge < -0.3 is 19.0 Å². The summed E-state index contributed by atoms with van der Waals surface area (Å²) >= 11 is 0. The van der Waals surface area contributed by atoms with Crippen molar-refractivity contribution < 1.29 is 9.15 Å². The quantitative estimate of drug-likeness (QED) is 0.180. The van der Waals surface area contributed by atoms with E-state index in [2.05, 4.69) is 4.90 Å². The highest BCUT2D eigenvalue weighted by molar-refractivity contribution is 5.80. The lowest BCUT2D eigenvalue weighted by Gasteiger charge is -2.13. The number of nitrogens with zero attached hydrogens (tertiary/aromatic N) is 2. The summed E-state index contributed by atoms with van der Waals surface area (Å²) in [6, 6.07) is 15.1. The molecule has 0 saturated carbocycles. The molecule has 1 aliphatic heterocycles. The van der Waals surface area contributed by atoms with E-state index in [-0.39, 0.29) is 5.43 Å². The first kappa shape index (κ1) is 28.2. The zero-order valence-corrected chi connectivity index (χ0v) is 23.6. The van der Waals surface area contributed by atoms with E-state index >= 15 is 0 Å². The largest absolute Gasteiger partial charge is 0.493 e. The van der Waals surface area contributed by atoms with E-state index in [0.29, 0.717) is 23.3 Å². The van der Waals surface area contributed by atoms with E-state index in [4.69, 9.17) is 9.15 Å². The van der Waals surface area contributed by atoms with Crippen molar-refractivity contribution in [2.45, 2.75) is 77.0 Å². The number of likely N-dealkylation sites (tertiary alicyclic amines) is 1. The van der Waals surface area contributed by atoms with Crippen molar-refractivity contribution in [1.29, 1.82) is 0 Å². The summed E-state index contributed by atoms with van der Waals surface area (Å²) in [6.07, 6.45) is 16.0. The molecule has 0 N–H and O–H groups in total. The highest BCUT2D eigenvalue weighted by Gasteiger charge is 2.10. The van der Waals surface area contributed by atoms with Gasteiger partial charge in [0, 0.05) is 37.5 Å². The zero-order valence-electron chi connectivity index (χ0n) is 23.6. The molecule has 1 fully saturated rings. The first-order valence-electron chi connectivity index (χ1n) is 14.8. The molecule has 0 atom stereocenters. The first-order valence-corrected chi connectivity index (χ1v) is 14.8. The summed E-state index contributed by atoms with van der Waals surface area (Å²) < 4.78 is 12.1. The van der Waals surface area contributed by atoms with Crippen LogP contribution in [0.4, 0.5) is 5.69 Å². The van der Waals surface area contributed by atoms with Gasteiger partial charge in [-0.3, -0.25) is 4.79 Å². The molecule has 4 rings (SSSR count). The normalized spacial score (nSPS) is 13.8. The second-order valence-corrected chi connectivity index (χ2v) is 11.0. The van der Waals surface area contributed by atoms with Crippen LogP contribution in [0.1, 0.15) is 77.0 Å². The van der Waals surface area contributed by atoms with Crippen LogP contribution in [-0.4, -0.2) is 45.2 Å². The summed E-state index contributed by atoms with van der Waals surface area (Å²) in [6.45, 7) is 4.68. The van der Waals surface area contributed by atoms with Crippen LogP contribution in [0.3, 0.4) is 0 Å².